The molecule has 0 atom stereocenters. The summed E-state index contributed by atoms with van der Waals surface area (Å²) in [6.45, 7) is 5.23. The number of hydrogen-bond acceptors (Lipinski definition) is 1. The van der Waals surface area contributed by atoms with E-state index in [9.17, 15) is 0 Å². The Labute approximate surface area is 97.9 Å². The summed E-state index contributed by atoms with van der Waals surface area (Å²) in [6, 6.07) is 0. The van der Waals surface area contributed by atoms with Gasteiger partial charge in [0.2, 0.25) is 0 Å². The Morgan fingerprint density at radius 2 is 1.17 bits per heavy atom. The molecule has 1 nitrogen and oxygen atoms in total. The molecule has 0 saturated heterocycles. The van der Waals surface area contributed by atoms with E-state index in [1.807, 2.05) is 0 Å². The van der Waals surface area contributed by atoms with Gasteiger partial charge in [0.1, 0.15) is 0 Å². The third-order valence-electron chi connectivity index (χ3n) is 0. The maximum absolute atomic E-state index is 8.52. The van der Waals surface area contributed by atoms with Crippen LogP contribution < -0.4 is 0 Å². The second-order valence-corrected chi connectivity index (χ2v) is 2.17. The van der Waals surface area contributed by atoms with E-state index in [0.29, 0.717) is 0 Å². The molecule has 0 fully saturated rings. The number of rotatable bonds is 0. The van der Waals surface area contributed by atoms with Gasteiger partial charge in [0, 0.05) is 0 Å². The summed E-state index contributed by atoms with van der Waals surface area (Å²) in [5.74, 6) is 0. The number of aliphatic hydroxyl groups is 1. The van der Waals surface area contributed by atoms with Crippen LogP contribution in [-0.4, -0.2) is 79.6 Å². The molecule has 0 unspecified atom stereocenters. The van der Waals surface area contributed by atoms with Crippen LogP contribution in [0.25, 0.3) is 0 Å². The molecular weight excluding hydrogens is 197 g/mol. The summed E-state index contributed by atoms with van der Waals surface area (Å²) in [5, 5.41) is 8.52. The summed E-state index contributed by atoms with van der Waals surface area (Å²) in [5.41, 5.74) is -0.500. The standard InChI is InChI=1S/C4H10O.Cs.H/c1-4(2,3)5;;/h5H,1-3H3;;. The van der Waals surface area contributed by atoms with Crippen molar-refractivity contribution in [1.82, 2.24) is 0 Å². The zero-order chi connectivity index (χ0) is 4.50. The minimum atomic E-state index is -0.500. The van der Waals surface area contributed by atoms with Crippen molar-refractivity contribution in [2.24, 2.45) is 0 Å². The van der Waals surface area contributed by atoms with E-state index in [2.05, 4.69) is 0 Å². The third-order valence-corrected chi connectivity index (χ3v) is 0. The second-order valence-electron chi connectivity index (χ2n) is 2.17. The quantitative estimate of drug-likeness (QED) is 0.599. The molecule has 1 N–H and O–H groups in total. The Morgan fingerprint density at radius 1 is 1.17 bits per heavy atom. The average Bonchev–Trinajstić information content (AvgIpc) is 0.722. The Bertz CT molecular complexity index is 23.0. The van der Waals surface area contributed by atoms with Crippen LogP contribution in [0.3, 0.4) is 0 Å². The van der Waals surface area contributed by atoms with E-state index in [4.69, 9.17) is 5.11 Å². The first-order valence-electron chi connectivity index (χ1n) is 1.72. The fourth-order valence-corrected chi connectivity index (χ4v) is 0. The Morgan fingerprint density at radius 3 is 1.17 bits per heavy atom. The normalized spacial score (nSPS) is 10.0. The van der Waals surface area contributed by atoms with Crippen LogP contribution in [0.15, 0.2) is 0 Å². The van der Waals surface area contributed by atoms with Gasteiger partial charge in [-0.15, -0.1) is 0 Å². The van der Waals surface area contributed by atoms with Crippen LogP contribution in [0, 0.1) is 0 Å². The molecule has 0 bridgehead atoms. The molecule has 0 aliphatic heterocycles. The van der Waals surface area contributed by atoms with Crippen molar-refractivity contribution in [2.75, 3.05) is 0 Å². The van der Waals surface area contributed by atoms with Crippen LogP contribution in [0.4, 0.5) is 0 Å². The van der Waals surface area contributed by atoms with Crippen LogP contribution >= 0.6 is 0 Å². The molecule has 0 heterocycles. The van der Waals surface area contributed by atoms with Crippen molar-refractivity contribution in [3.8, 4) is 0 Å². The predicted molar refractivity (Wildman–Crippen MR) is 29.1 cm³/mol. The molecule has 0 aromatic heterocycles. The summed E-state index contributed by atoms with van der Waals surface area (Å²) in [4.78, 5) is 0. The second kappa shape index (κ2) is 3.95. The number of hydrogen-bond donors (Lipinski definition) is 1. The van der Waals surface area contributed by atoms with E-state index in [1.165, 1.54) is 0 Å². The van der Waals surface area contributed by atoms with E-state index in [-0.39, 0.29) is 68.9 Å². The van der Waals surface area contributed by atoms with Gasteiger partial charge >= 0.3 is 68.9 Å². The summed E-state index contributed by atoms with van der Waals surface area (Å²) in [7, 11) is 0. The van der Waals surface area contributed by atoms with Crippen LogP contribution in [0.1, 0.15) is 20.8 Å². The van der Waals surface area contributed by atoms with Crippen molar-refractivity contribution in [3.63, 3.8) is 0 Å². The molecule has 0 aliphatic rings. The van der Waals surface area contributed by atoms with Crippen LogP contribution in [-0.2, 0) is 0 Å². The van der Waals surface area contributed by atoms with Crippen molar-refractivity contribution < 1.29 is 5.11 Å². The summed E-state index contributed by atoms with van der Waals surface area (Å²) < 4.78 is 0. The van der Waals surface area contributed by atoms with Gasteiger partial charge in [0.15, 0.2) is 0 Å². The minimum absolute atomic E-state index is 0. The van der Waals surface area contributed by atoms with Gasteiger partial charge in [0.25, 0.3) is 0 Å². The molecule has 0 spiro atoms. The molecule has 0 aromatic carbocycles. The molecule has 0 radical (unpaired) electrons. The first kappa shape index (κ1) is 10.9. The van der Waals surface area contributed by atoms with Crippen molar-refractivity contribution >= 4 is 68.9 Å². The van der Waals surface area contributed by atoms with Gasteiger partial charge in [-0.25, -0.2) is 0 Å². The van der Waals surface area contributed by atoms with E-state index >= 15 is 0 Å². The average molecular weight is 208 g/mol. The molecule has 34 valence electrons. The molecule has 2 heteroatoms. The fraction of sp³-hybridized carbons (Fsp3) is 1.00. The Hall–Kier alpha value is 2.01. The molecule has 0 amide bonds. The summed E-state index contributed by atoms with van der Waals surface area (Å²) in [6.07, 6.45) is 0. The van der Waals surface area contributed by atoms with E-state index in [0.717, 1.165) is 0 Å². The topological polar surface area (TPSA) is 20.2 Å². The van der Waals surface area contributed by atoms with E-state index in [1.54, 1.807) is 20.8 Å². The van der Waals surface area contributed by atoms with E-state index < -0.39 is 5.60 Å². The molecular formula is C4H11CsO. The van der Waals surface area contributed by atoms with Crippen molar-refractivity contribution in [3.05, 3.63) is 0 Å². The zero-order valence-electron chi connectivity index (χ0n) is 3.95. The molecule has 0 aliphatic carbocycles. The molecule has 0 aromatic rings. The fourth-order valence-electron chi connectivity index (χ4n) is 0. The first-order chi connectivity index (χ1) is 2.00. The Kier molecular flexibility index (Phi) is 7.17. The molecule has 0 rings (SSSR count). The molecule has 0 saturated carbocycles. The third kappa shape index (κ3) is 37.3. The Balaban J connectivity index is 0. The zero-order valence-corrected chi connectivity index (χ0v) is 3.95. The van der Waals surface area contributed by atoms with Gasteiger partial charge in [-0.3, -0.25) is 0 Å². The van der Waals surface area contributed by atoms with Gasteiger partial charge in [0.05, 0.1) is 5.60 Å². The first-order valence-corrected chi connectivity index (χ1v) is 1.72. The SMILES string of the molecule is CC(C)(C)O.[CsH]. The van der Waals surface area contributed by atoms with Gasteiger partial charge in [-0.05, 0) is 20.8 Å². The van der Waals surface area contributed by atoms with Crippen LogP contribution in [0.5, 0.6) is 0 Å². The van der Waals surface area contributed by atoms with Crippen molar-refractivity contribution in [1.29, 1.82) is 0 Å². The maximum atomic E-state index is 8.52. The van der Waals surface area contributed by atoms with Gasteiger partial charge in [-0.2, -0.15) is 0 Å². The van der Waals surface area contributed by atoms with Gasteiger partial charge < -0.3 is 5.11 Å². The predicted octanol–water partition coefficient (Wildman–Crippen LogP) is 0.129. The summed E-state index contributed by atoms with van der Waals surface area (Å²) >= 11 is 0. The molecule has 6 heavy (non-hydrogen) atoms. The van der Waals surface area contributed by atoms with Gasteiger partial charge in [-0.1, -0.05) is 0 Å². The van der Waals surface area contributed by atoms with Crippen molar-refractivity contribution in [2.45, 2.75) is 26.4 Å². The monoisotopic (exact) mass is 208 g/mol. The van der Waals surface area contributed by atoms with Crippen LogP contribution in [0.2, 0.25) is 0 Å².